The van der Waals surface area contributed by atoms with Crippen LogP contribution in [-0.2, 0) is 4.74 Å². The van der Waals surface area contributed by atoms with Crippen LogP contribution in [0.25, 0.3) is 0 Å². The van der Waals surface area contributed by atoms with Gasteiger partial charge in [-0.3, -0.25) is 4.79 Å². The molecule has 1 heterocycles. The summed E-state index contributed by atoms with van der Waals surface area (Å²) in [6, 6.07) is 7.23. The second kappa shape index (κ2) is 8.12. The summed E-state index contributed by atoms with van der Waals surface area (Å²) < 4.78 is 5.34. The molecule has 1 aromatic rings. The number of nitrogens with two attached hydrogens (primary N) is 1. The van der Waals surface area contributed by atoms with Crippen LogP contribution in [0.1, 0.15) is 29.6 Å². The van der Waals surface area contributed by atoms with E-state index in [2.05, 4.69) is 0 Å². The Morgan fingerprint density at radius 3 is 2.65 bits per heavy atom. The van der Waals surface area contributed by atoms with E-state index in [1.54, 1.807) is 17.0 Å². The number of para-hydroxylation sites is 1. The molecular formula is C15H23ClN2O2. The maximum Gasteiger partial charge on any atom is 0.255 e. The molecule has 2 rings (SSSR count). The summed E-state index contributed by atoms with van der Waals surface area (Å²) in [7, 11) is 1.84. The van der Waals surface area contributed by atoms with Gasteiger partial charge in [-0.2, -0.15) is 0 Å². The van der Waals surface area contributed by atoms with Crippen LogP contribution in [0.4, 0.5) is 5.69 Å². The molecule has 5 heteroatoms. The number of benzene rings is 1. The van der Waals surface area contributed by atoms with E-state index in [0.717, 1.165) is 39.0 Å². The number of carbonyl (C=O) groups is 1. The molecular weight excluding hydrogens is 276 g/mol. The van der Waals surface area contributed by atoms with Crippen LogP contribution >= 0.6 is 12.4 Å². The monoisotopic (exact) mass is 298 g/mol. The van der Waals surface area contributed by atoms with Crippen LogP contribution in [0.3, 0.4) is 0 Å². The fraction of sp³-hybridized carbons (Fsp3) is 0.533. The van der Waals surface area contributed by atoms with Crippen molar-refractivity contribution in [3.05, 3.63) is 29.8 Å². The minimum absolute atomic E-state index is 0. The zero-order valence-corrected chi connectivity index (χ0v) is 12.7. The lowest BCUT2D eigenvalue weighted by Gasteiger charge is -2.25. The Labute approximate surface area is 126 Å². The van der Waals surface area contributed by atoms with E-state index >= 15 is 0 Å². The van der Waals surface area contributed by atoms with Crippen LogP contribution in [0.5, 0.6) is 0 Å². The third kappa shape index (κ3) is 4.39. The molecule has 0 aromatic heterocycles. The minimum atomic E-state index is 0. The predicted octanol–water partition coefficient (Wildman–Crippen LogP) is 2.58. The van der Waals surface area contributed by atoms with E-state index in [-0.39, 0.29) is 18.3 Å². The molecule has 0 bridgehead atoms. The van der Waals surface area contributed by atoms with Crippen molar-refractivity contribution >= 4 is 24.0 Å². The Balaban J connectivity index is 0.00000200. The number of ether oxygens (including phenoxy) is 1. The first-order valence-electron chi connectivity index (χ1n) is 6.86. The number of rotatable bonds is 4. The lowest BCUT2D eigenvalue weighted by molar-refractivity contribution is 0.0584. The highest BCUT2D eigenvalue weighted by atomic mass is 35.5. The van der Waals surface area contributed by atoms with Crippen molar-refractivity contribution in [2.45, 2.75) is 19.3 Å². The Morgan fingerprint density at radius 2 is 2.00 bits per heavy atom. The number of amides is 1. The van der Waals surface area contributed by atoms with Crippen molar-refractivity contribution < 1.29 is 9.53 Å². The fourth-order valence-corrected chi connectivity index (χ4v) is 2.41. The van der Waals surface area contributed by atoms with Crippen molar-refractivity contribution in [2.24, 2.45) is 5.92 Å². The number of nitrogens with zero attached hydrogens (tertiary/aromatic N) is 1. The molecule has 0 radical (unpaired) electrons. The first kappa shape index (κ1) is 16.8. The van der Waals surface area contributed by atoms with Gasteiger partial charge in [0.15, 0.2) is 0 Å². The average Bonchev–Trinajstić information content (AvgIpc) is 2.45. The fourth-order valence-electron chi connectivity index (χ4n) is 2.41. The van der Waals surface area contributed by atoms with E-state index in [4.69, 9.17) is 10.5 Å². The molecule has 1 aromatic carbocycles. The molecule has 2 N–H and O–H groups in total. The van der Waals surface area contributed by atoms with Crippen LogP contribution in [0.15, 0.2) is 24.3 Å². The lowest BCUT2D eigenvalue weighted by atomic mass is 9.96. The lowest BCUT2D eigenvalue weighted by Crippen LogP contribution is -2.30. The molecule has 0 spiro atoms. The second-order valence-electron chi connectivity index (χ2n) is 5.16. The molecule has 1 aliphatic rings. The minimum Gasteiger partial charge on any atom is -0.398 e. The standard InChI is InChI=1S/C15H22N2O2.ClH/c1-17(9-6-12-7-10-19-11-8-12)15(18)13-4-2-3-5-14(13)16;/h2-5,12H,6-11,16H2,1H3;1H. The first-order valence-corrected chi connectivity index (χ1v) is 6.86. The molecule has 0 saturated carbocycles. The zero-order chi connectivity index (χ0) is 13.7. The normalized spacial score (nSPS) is 15.4. The van der Waals surface area contributed by atoms with Gasteiger partial charge in [0.25, 0.3) is 5.91 Å². The Bertz CT molecular complexity index is 434. The molecule has 1 amide bonds. The number of carbonyl (C=O) groups excluding carboxylic acids is 1. The summed E-state index contributed by atoms with van der Waals surface area (Å²) >= 11 is 0. The quantitative estimate of drug-likeness (QED) is 0.869. The van der Waals surface area contributed by atoms with E-state index in [1.165, 1.54) is 0 Å². The summed E-state index contributed by atoms with van der Waals surface area (Å²) in [6.45, 7) is 2.49. The van der Waals surface area contributed by atoms with Gasteiger partial charge < -0.3 is 15.4 Å². The number of anilines is 1. The van der Waals surface area contributed by atoms with Gasteiger partial charge >= 0.3 is 0 Å². The van der Waals surface area contributed by atoms with Gasteiger partial charge in [-0.05, 0) is 37.3 Å². The van der Waals surface area contributed by atoms with Gasteiger partial charge in [0.1, 0.15) is 0 Å². The highest BCUT2D eigenvalue weighted by Gasteiger charge is 2.18. The Kier molecular flexibility index (Phi) is 6.82. The molecule has 1 fully saturated rings. The number of nitrogen functional groups attached to an aromatic ring is 1. The predicted molar refractivity (Wildman–Crippen MR) is 83.2 cm³/mol. The van der Waals surface area contributed by atoms with Gasteiger partial charge in [0.05, 0.1) is 5.56 Å². The smallest absolute Gasteiger partial charge is 0.255 e. The Morgan fingerprint density at radius 1 is 1.35 bits per heavy atom. The summed E-state index contributed by atoms with van der Waals surface area (Å²) in [6.07, 6.45) is 3.25. The van der Waals surface area contributed by atoms with Crippen LogP contribution < -0.4 is 5.73 Å². The topological polar surface area (TPSA) is 55.6 Å². The highest BCUT2D eigenvalue weighted by Crippen LogP contribution is 2.19. The molecule has 0 aliphatic carbocycles. The molecule has 4 nitrogen and oxygen atoms in total. The van der Waals surface area contributed by atoms with Gasteiger partial charge in [-0.1, -0.05) is 12.1 Å². The summed E-state index contributed by atoms with van der Waals surface area (Å²) in [5, 5.41) is 0. The van der Waals surface area contributed by atoms with Crippen molar-refractivity contribution in [1.82, 2.24) is 4.90 Å². The SMILES string of the molecule is CN(CCC1CCOCC1)C(=O)c1ccccc1N.Cl. The Hall–Kier alpha value is -1.26. The molecule has 112 valence electrons. The van der Waals surface area contributed by atoms with Crippen LogP contribution in [0.2, 0.25) is 0 Å². The van der Waals surface area contributed by atoms with Gasteiger partial charge in [-0.15, -0.1) is 12.4 Å². The van der Waals surface area contributed by atoms with Gasteiger partial charge in [0.2, 0.25) is 0 Å². The van der Waals surface area contributed by atoms with E-state index in [0.29, 0.717) is 17.2 Å². The number of hydrogen-bond donors (Lipinski definition) is 1. The number of halogens is 1. The second-order valence-corrected chi connectivity index (χ2v) is 5.16. The molecule has 1 aliphatic heterocycles. The largest absolute Gasteiger partial charge is 0.398 e. The molecule has 1 saturated heterocycles. The summed E-state index contributed by atoms with van der Waals surface area (Å²) in [5.41, 5.74) is 6.98. The molecule has 20 heavy (non-hydrogen) atoms. The summed E-state index contributed by atoms with van der Waals surface area (Å²) in [5.74, 6) is 0.683. The van der Waals surface area contributed by atoms with Crippen molar-refractivity contribution in [2.75, 3.05) is 32.5 Å². The summed E-state index contributed by atoms with van der Waals surface area (Å²) in [4.78, 5) is 14.0. The van der Waals surface area contributed by atoms with Gasteiger partial charge in [-0.25, -0.2) is 0 Å². The van der Waals surface area contributed by atoms with Crippen molar-refractivity contribution in [3.8, 4) is 0 Å². The van der Waals surface area contributed by atoms with E-state index in [9.17, 15) is 4.79 Å². The molecule has 0 unspecified atom stereocenters. The maximum absolute atomic E-state index is 12.3. The third-order valence-corrected chi connectivity index (χ3v) is 3.75. The number of hydrogen-bond acceptors (Lipinski definition) is 3. The highest BCUT2D eigenvalue weighted by molar-refractivity contribution is 5.98. The van der Waals surface area contributed by atoms with Crippen molar-refractivity contribution in [3.63, 3.8) is 0 Å². The third-order valence-electron chi connectivity index (χ3n) is 3.75. The van der Waals surface area contributed by atoms with Crippen LogP contribution in [0, 0.1) is 5.92 Å². The van der Waals surface area contributed by atoms with E-state index < -0.39 is 0 Å². The van der Waals surface area contributed by atoms with E-state index in [1.807, 2.05) is 19.2 Å². The van der Waals surface area contributed by atoms with Crippen LogP contribution in [-0.4, -0.2) is 37.6 Å². The van der Waals surface area contributed by atoms with Crippen molar-refractivity contribution in [1.29, 1.82) is 0 Å². The van der Waals surface area contributed by atoms with Gasteiger partial charge in [0, 0.05) is 32.5 Å². The maximum atomic E-state index is 12.3. The first-order chi connectivity index (χ1) is 9.18. The average molecular weight is 299 g/mol. The molecule has 0 atom stereocenters. The zero-order valence-electron chi connectivity index (χ0n) is 11.9.